The number of hydrogen-bond acceptors (Lipinski definition) is 5. The molecule has 0 radical (unpaired) electrons. The summed E-state index contributed by atoms with van der Waals surface area (Å²) < 4.78 is 20.8. The van der Waals surface area contributed by atoms with Crippen molar-refractivity contribution in [1.82, 2.24) is 19.7 Å². The average molecular weight is 399 g/mol. The molecule has 4 rings (SSSR count). The van der Waals surface area contributed by atoms with Gasteiger partial charge in [-0.15, -0.1) is 0 Å². The molecular formula is C21H26FN5O2. The standard InChI is InChI=1S/C21H26FN5O2/c1-21(2,3)27-18-17(12-23-27)19(28)25-20(24-18)26-10-8-16(9-11-26)29-13-14-4-6-15(22)7-5-14/h4-7,12,16H,8-11,13H2,1-3H3,(H,24,25,28). The third-order valence-corrected chi connectivity index (χ3v) is 5.20. The number of rotatable bonds is 4. The molecule has 1 N–H and O–H groups in total. The molecule has 1 aromatic carbocycles. The quantitative estimate of drug-likeness (QED) is 0.729. The number of anilines is 1. The van der Waals surface area contributed by atoms with Gasteiger partial charge in [-0.25, -0.2) is 9.07 Å². The van der Waals surface area contributed by atoms with Gasteiger partial charge in [-0.3, -0.25) is 9.78 Å². The van der Waals surface area contributed by atoms with Crippen molar-refractivity contribution in [3.05, 3.63) is 52.2 Å². The second kappa shape index (κ2) is 7.59. The summed E-state index contributed by atoms with van der Waals surface area (Å²) in [5, 5.41) is 4.86. The van der Waals surface area contributed by atoms with Crippen LogP contribution < -0.4 is 10.5 Å². The van der Waals surface area contributed by atoms with Gasteiger partial charge in [0, 0.05) is 13.1 Å². The molecule has 0 atom stereocenters. The van der Waals surface area contributed by atoms with Crippen molar-refractivity contribution in [1.29, 1.82) is 0 Å². The maximum Gasteiger partial charge on any atom is 0.263 e. The summed E-state index contributed by atoms with van der Waals surface area (Å²) >= 11 is 0. The zero-order valence-electron chi connectivity index (χ0n) is 17.0. The molecule has 0 bridgehead atoms. The highest BCUT2D eigenvalue weighted by Gasteiger charge is 2.24. The summed E-state index contributed by atoms with van der Waals surface area (Å²) in [5.74, 6) is 0.332. The Morgan fingerprint density at radius 1 is 1.21 bits per heavy atom. The molecule has 0 spiro atoms. The fraction of sp³-hybridized carbons (Fsp3) is 0.476. The van der Waals surface area contributed by atoms with Crippen LogP contribution in [0.5, 0.6) is 0 Å². The van der Waals surface area contributed by atoms with Crippen LogP contribution in [0.15, 0.2) is 35.3 Å². The second-order valence-electron chi connectivity index (χ2n) is 8.48. The summed E-state index contributed by atoms with van der Waals surface area (Å²) in [7, 11) is 0. The van der Waals surface area contributed by atoms with Crippen molar-refractivity contribution in [3.63, 3.8) is 0 Å². The minimum atomic E-state index is -0.263. The lowest BCUT2D eigenvalue weighted by Gasteiger charge is -2.32. The van der Waals surface area contributed by atoms with Gasteiger partial charge >= 0.3 is 0 Å². The van der Waals surface area contributed by atoms with Gasteiger partial charge in [-0.2, -0.15) is 10.1 Å². The van der Waals surface area contributed by atoms with E-state index in [-0.39, 0.29) is 23.0 Å². The predicted molar refractivity (Wildman–Crippen MR) is 110 cm³/mol. The highest BCUT2D eigenvalue weighted by atomic mass is 19.1. The number of aromatic amines is 1. The Bertz CT molecular complexity index is 1040. The van der Waals surface area contributed by atoms with Crippen LogP contribution in [-0.4, -0.2) is 38.9 Å². The van der Waals surface area contributed by atoms with Crippen LogP contribution in [0, 0.1) is 5.82 Å². The van der Waals surface area contributed by atoms with Gasteiger partial charge in [0.15, 0.2) is 5.65 Å². The number of ether oxygens (including phenoxy) is 1. The lowest BCUT2D eigenvalue weighted by atomic mass is 10.1. The number of fused-ring (bicyclic) bond motifs is 1. The number of nitrogens with zero attached hydrogens (tertiary/aromatic N) is 4. The van der Waals surface area contributed by atoms with E-state index in [1.165, 1.54) is 12.1 Å². The fourth-order valence-corrected chi connectivity index (χ4v) is 3.58. The third kappa shape index (κ3) is 4.17. The lowest BCUT2D eigenvalue weighted by molar-refractivity contribution is 0.0249. The molecule has 29 heavy (non-hydrogen) atoms. The second-order valence-corrected chi connectivity index (χ2v) is 8.48. The minimum Gasteiger partial charge on any atom is -0.373 e. The largest absolute Gasteiger partial charge is 0.373 e. The smallest absolute Gasteiger partial charge is 0.263 e. The Hall–Kier alpha value is -2.74. The first-order valence-corrected chi connectivity index (χ1v) is 9.91. The predicted octanol–water partition coefficient (Wildman–Crippen LogP) is 3.20. The number of nitrogens with one attached hydrogen (secondary N) is 1. The van der Waals surface area contributed by atoms with Crippen LogP contribution in [0.25, 0.3) is 11.0 Å². The van der Waals surface area contributed by atoms with Crippen molar-refractivity contribution in [3.8, 4) is 0 Å². The molecule has 1 aliphatic heterocycles. The first-order valence-electron chi connectivity index (χ1n) is 9.91. The highest BCUT2D eigenvalue weighted by molar-refractivity contribution is 5.74. The molecule has 1 saturated heterocycles. The number of H-pyrrole nitrogens is 1. The third-order valence-electron chi connectivity index (χ3n) is 5.20. The van der Waals surface area contributed by atoms with Gasteiger partial charge in [0.05, 0.1) is 24.4 Å². The maximum atomic E-state index is 13.0. The molecule has 1 fully saturated rings. The van der Waals surface area contributed by atoms with Gasteiger partial charge in [0.2, 0.25) is 5.95 Å². The van der Waals surface area contributed by atoms with Crippen molar-refractivity contribution >= 4 is 17.0 Å². The van der Waals surface area contributed by atoms with E-state index in [0.717, 1.165) is 31.5 Å². The van der Waals surface area contributed by atoms with Crippen LogP contribution in [0.4, 0.5) is 10.3 Å². The van der Waals surface area contributed by atoms with Gasteiger partial charge in [-0.1, -0.05) is 12.1 Å². The summed E-state index contributed by atoms with van der Waals surface area (Å²) in [5.41, 5.74) is 1.13. The van der Waals surface area contributed by atoms with Crippen LogP contribution in [-0.2, 0) is 16.9 Å². The van der Waals surface area contributed by atoms with Crippen LogP contribution in [0.1, 0.15) is 39.2 Å². The van der Waals surface area contributed by atoms with Crippen molar-refractivity contribution < 1.29 is 9.13 Å². The Balaban J connectivity index is 1.43. The molecule has 3 aromatic rings. The molecule has 0 saturated carbocycles. The molecule has 8 heteroatoms. The first-order chi connectivity index (χ1) is 13.8. The molecule has 0 amide bonds. The topological polar surface area (TPSA) is 76.0 Å². The van der Waals surface area contributed by atoms with Crippen LogP contribution >= 0.6 is 0 Å². The van der Waals surface area contributed by atoms with E-state index in [0.29, 0.717) is 23.6 Å². The number of hydrogen-bond donors (Lipinski definition) is 1. The van der Waals surface area contributed by atoms with E-state index in [1.807, 2.05) is 20.8 Å². The van der Waals surface area contributed by atoms with E-state index in [4.69, 9.17) is 9.72 Å². The molecule has 2 aromatic heterocycles. The monoisotopic (exact) mass is 399 g/mol. The van der Waals surface area contributed by atoms with Gasteiger partial charge in [0.1, 0.15) is 11.2 Å². The first kappa shape index (κ1) is 19.6. The SMILES string of the molecule is CC(C)(C)n1ncc2c(=O)[nH]c(N3CCC(OCc4ccc(F)cc4)CC3)nc21. The van der Waals surface area contributed by atoms with Gasteiger partial charge < -0.3 is 9.64 Å². The van der Waals surface area contributed by atoms with E-state index in [2.05, 4.69) is 15.0 Å². The van der Waals surface area contributed by atoms with Crippen LogP contribution in [0.2, 0.25) is 0 Å². The number of benzene rings is 1. The summed E-state index contributed by atoms with van der Waals surface area (Å²) in [6.07, 6.45) is 3.38. The van der Waals surface area contributed by atoms with Crippen LogP contribution in [0.3, 0.4) is 0 Å². The Kier molecular flexibility index (Phi) is 5.12. The summed E-state index contributed by atoms with van der Waals surface area (Å²) in [6, 6.07) is 6.38. The van der Waals surface area contributed by atoms with Gasteiger partial charge in [-0.05, 0) is 51.3 Å². The number of aromatic nitrogens is 4. The molecule has 3 heterocycles. The average Bonchev–Trinajstić information content (AvgIpc) is 3.13. The molecule has 1 aliphatic rings. The van der Waals surface area contributed by atoms with E-state index < -0.39 is 0 Å². The molecule has 0 aliphatic carbocycles. The molecule has 154 valence electrons. The van der Waals surface area contributed by atoms with Gasteiger partial charge in [0.25, 0.3) is 5.56 Å². The van der Waals surface area contributed by atoms with Crippen molar-refractivity contribution in [2.24, 2.45) is 0 Å². The highest BCUT2D eigenvalue weighted by Crippen LogP contribution is 2.22. The maximum absolute atomic E-state index is 13.0. The van der Waals surface area contributed by atoms with Crippen molar-refractivity contribution in [2.75, 3.05) is 18.0 Å². The number of piperidine rings is 1. The molecule has 0 unspecified atom stereocenters. The normalized spacial score (nSPS) is 15.9. The summed E-state index contributed by atoms with van der Waals surface area (Å²) in [4.78, 5) is 22.2. The fourth-order valence-electron chi connectivity index (χ4n) is 3.58. The zero-order chi connectivity index (χ0) is 20.6. The Morgan fingerprint density at radius 2 is 1.90 bits per heavy atom. The lowest BCUT2D eigenvalue weighted by Crippen LogP contribution is -2.39. The minimum absolute atomic E-state index is 0.131. The number of halogens is 1. The Labute approximate surface area is 168 Å². The molecule has 7 nitrogen and oxygen atoms in total. The van der Waals surface area contributed by atoms with E-state index in [1.54, 1.807) is 23.0 Å². The van der Waals surface area contributed by atoms with E-state index >= 15 is 0 Å². The zero-order valence-corrected chi connectivity index (χ0v) is 17.0. The molecular weight excluding hydrogens is 373 g/mol. The Morgan fingerprint density at radius 3 is 2.55 bits per heavy atom. The van der Waals surface area contributed by atoms with E-state index in [9.17, 15) is 9.18 Å². The van der Waals surface area contributed by atoms with Crippen molar-refractivity contribution in [2.45, 2.75) is 51.9 Å². The summed E-state index contributed by atoms with van der Waals surface area (Å²) in [6.45, 7) is 8.05.